The Labute approximate surface area is 132 Å². The molecule has 0 saturated heterocycles. The summed E-state index contributed by atoms with van der Waals surface area (Å²) in [6, 6.07) is 2.18. The third-order valence-electron chi connectivity index (χ3n) is 3.02. The molecule has 0 spiro atoms. The summed E-state index contributed by atoms with van der Waals surface area (Å²) in [5.41, 5.74) is -0.344. The van der Waals surface area contributed by atoms with Gasteiger partial charge in [0.2, 0.25) is 10.0 Å². The quantitative estimate of drug-likeness (QED) is 0.794. The van der Waals surface area contributed by atoms with Crippen molar-refractivity contribution >= 4 is 31.9 Å². The molecule has 0 bridgehead atoms. The molecule has 1 unspecified atom stereocenters. The zero-order valence-electron chi connectivity index (χ0n) is 11.8. The number of benzene rings is 1. The molecule has 0 fully saturated rings. The van der Waals surface area contributed by atoms with Crippen LogP contribution in [0, 0.1) is 5.82 Å². The highest BCUT2D eigenvalue weighted by atomic mass is 79.9. The van der Waals surface area contributed by atoms with E-state index in [4.69, 9.17) is 5.14 Å². The Balaban J connectivity index is 3.19. The molecule has 0 aliphatic carbocycles. The van der Waals surface area contributed by atoms with E-state index in [-0.39, 0.29) is 16.1 Å². The van der Waals surface area contributed by atoms with Gasteiger partial charge >= 0.3 is 0 Å². The average molecular weight is 381 g/mol. The van der Waals surface area contributed by atoms with E-state index in [9.17, 15) is 17.6 Å². The van der Waals surface area contributed by atoms with Gasteiger partial charge in [0.25, 0.3) is 5.91 Å². The number of hydrogen-bond donors (Lipinski definition) is 2. The van der Waals surface area contributed by atoms with Crippen LogP contribution >= 0.6 is 15.9 Å². The van der Waals surface area contributed by atoms with Crippen LogP contribution < -0.4 is 10.5 Å². The van der Waals surface area contributed by atoms with Crippen molar-refractivity contribution in [2.24, 2.45) is 5.14 Å². The molecule has 0 aliphatic rings. The molecule has 3 N–H and O–H groups in total. The van der Waals surface area contributed by atoms with Crippen molar-refractivity contribution in [2.45, 2.75) is 44.0 Å². The lowest BCUT2D eigenvalue weighted by Crippen LogP contribution is -2.35. The Morgan fingerprint density at radius 2 is 2.05 bits per heavy atom. The molecule has 1 aromatic carbocycles. The van der Waals surface area contributed by atoms with Crippen molar-refractivity contribution < 1.29 is 17.6 Å². The van der Waals surface area contributed by atoms with Gasteiger partial charge in [0.1, 0.15) is 4.90 Å². The van der Waals surface area contributed by atoms with E-state index < -0.39 is 26.6 Å². The third-order valence-corrected chi connectivity index (χ3v) is 4.39. The summed E-state index contributed by atoms with van der Waals surface area (Å²) in [4.78, 5) is 11.4. The fourth-order valence-electron chi connectivity index (χ4n) is 1.93. The molecule has 0 aliphatic heterocycles. The van der Waals surface area contributed by atoms with Gasteiger partial charge in [0.05, 0.1) is 5.56 Å². The molecule has 1 rings (SSSR count). The molecule has 1 aromatic rings. The predicted molar refractivity (Wildman–Crippen MR) is 81.9 cm³/mol. The van der Waals surface area contributed by atoms with E-state index >= 15 is 0 Å². The highest BCUT2D eigenvalue weighted by Gasteiger charge is 2.23. The van der Waals surface area contributed by atoms with Crippen LogP contribution in [0.15, 0.2) is 21.5 Å². The zero-order chi connectivity index (χ0) is 16.2. The van der Waals surface area contributed by atoms with Crippen molar-refractivity contribution in [3.63, 3.8) is 0 Å². The molecular formula is C13H18BrFN2O3S. The number of primary sulfonamides is 1. The molecule has 0 radical (unpaired) electrons. The second-order valence-electron chi connectivity index (χ2n) is 4.68. The SMILES string of the molecule is CCCC(CC)NC(=O)c1cc(Br)cc(S(N)(=O)=O)c1F. The van der Waals surface area contributed by atoms with Crippen molar-refractivity contribution in [3.8, 4) is 0 Å². The molecule has 21 heavy (non-hydrogen) atoms. The number of rotatable bonds is 6. The lowest BCUT2D eigenvalue weighted by atomic mass is 10.1. The minimum atomic E-state index is -4.24. The Hall–Kier alpha value is -0.990. The molecule has 118 valence electrons. The highest BCUT2D eigenvalue weighted by molar-refractivity contribution is 9.10. The molecule has 0 saturated carbocycles. The fraction of sp³-hybridized carbons (Fsp3) is 0.462. The number of hydrogen-bond acceptors (Lipinski definition) is 3. The first-order valence-electron chi connectivity index (χ1n) is 6.53. The first-order valence-corrected chi connectivity index (χ1v) is 8.87. The first-order chi connectivity index (χ1) is 9.70. The maximum atomic E-state index is 14.2. The molecule has 5 nitrogen and oxygen atoms in total. The summed E-state index contributed by atoms with van der Waals surface area (Å²) in [6.45, 7) is 3.89. The standard InChI is InChI=1S/C13H18BrFN2O3S/c1-3-5-9(4-2)17-13(18)10-6-8(14)7-11(12(10)15)21(16,19)20/h6-7,9H,3-5H2,1-2H3,(H,17,18)(H2,16,19,20). The van der Waals surface area contributed by atoms with Gasteiger partial charge in [0.15, 0.2) is 5.82 Å². The topological polar surface area (TPSA) is 89.3 Å². The highest BCUT2D eigenvalue weighted by Crippen LogP contribution is 2.23. The van der Waals surface area contributed by atoms with Crippen molar-refractivity contribution in [3.05, 3.63) is 28.0 Å². The number of carbonyl (C=O) groups excluding carboxylic acids is 1. The summed E-state index contributed by atoms with van der Waals surface area (Å²) in [5.74, 6) is -1.79. The molecule has 1 amide bonds. The van der Waals surface area contributed by atoms with Crippen LogP contribution in [-0.4, -0.2) is 20.4 Å². The maximum absolute atomic E-state index is 14.2. The lowest BCUT2D eigenvalue weighted by Gasteiger charge is -2.17. The molecular weight excluding hydrogens is 363 g/mol. The monoisotopic (exact) mass is 380 g/mol. The molecule has 0 heterocycles. The molecule has 1 atom stereocenters. The number of carbonyl (C=O) groups is 1. The summed E-state index contributed by atoms with van der Waals surface area (Å²) in [7, 11) is -4.24. The van der Waals surface area contributed by atoms with E-state index in [1.165, 1.54) is 6.07 Å². The second-order valence-corrected chi connectivity index (χ2v) is 7.12. The van der Waals surface area contributed by atoms with E-state index in [2.05, 4.69) is 21.2 Å². The van der Waals surface area contributed by atoms with Crippen LogP contribution in [0.4, 0.5) is 4.39 Å². The molecule has 0 aromatic heterocycles. The Morgan fingerprint density at radius 1 is 1.43 bits per heavy atom. The number of amides is 1. The third kappa shape index (κ3) is 4.76. The Kier molecular flexibility index (Phi) is 6.30. The van der Waals surface area contributed by atoms with Gasteiger partial charge in [-0.3, -0.25) is 4.79 Å². The summed E-state index contributed by atoms with van der Waals surface area (Å²) in [6.07, 6.45) is 2.35. The van der Waals surface area contributed by atoms with Gasteiger partial charge in [-0.2, -0.15) is 0 Å². The van der Waals surface area contributed by atoms with E-state index in [0.29, 0.717) is 6.42 Å². The minimum absolute atomic E-state index is 0.0844. The number of nitrogens with two attached hydrogens (primary N) is 1. The zero-order valence-corrected chi connectivity index (χ0v) is 14.2. The Morgan fingerprint density at radius 3 is 2.52 bits per heavy atom. The van der Waals surface area contributed by atoms with Gasteiger partial charge in [-0.05, 0) is 25.0 Å². The van der Waals surface area contributed by atoms with Crippen molar-refractivity contribution in [1.82, 2.24) is 5.32 Å². The van der Waals surface area contributed by atoms with Gasteiger partial charge < -0.3 is 5.32 Å². The van der Waals surface area contributed by atoms with Gasteiger partial charge in [-0.15, -0.1) is 0 Å². The van der Waals surface area contributed by atoms with Gasteiger partial charge in [-0.25, -0.2) is 17.9 Å². The smallest absolute Gasteiger partial charge is 0.254 e. The number of halogens is 2. The van der Waals surface area contributed by atoms with Crippen LogP contribution in [0.2, 0.25) is 0 Å². The van der Waals surface area contributed by atoms with Crippen LogP contribution in [0.5, 0.6) is 0 Å². The van der Waals surface area contributed by atoms with Crippen LogP contribution in [-0.2, 0) is 10.0 Å². The van der Waals surface area contributed by atoms with Gasteiger partial charge in [0, 0.05) is 10.5 Å². The van der Waals surface area contributed by atoms with E-state index in [0.717, 1.165) is 18.9 Å². The average Bonchev–Trinajstić information content (AvgIpc) is 2.39. The minimum Gasteiger partial charge on any atom is -0.349 e. The Bertz CT molecular complexity index is 635. The predicted octanol–water partition coefficient (Wildman–Crippen LogP) is 2.54. The van der Waals surface area contributed by atoms with Crippen LogP contribution in [0.1, 0.15) is 43.5 Å². The normalized spacial score (nSPS) is 13.0. The van der Waals surface area contributed by atoms with Crippen molar-refractivity contribution in [2.75, 3.05) is 0 Å². The van der Waals surface area contributed by atoms with E-state index in [1.54, 1.807) is 0 Å². The number of sulfonamides is 1. The fourth-order valence-corrected chi connectivity index (χ4v) is 3.19. The summed E-state index contributed by atoms with van der Waals surface area (Å²) in [5, 5.41) is 7.65. The van der Waals surface area contributed by atoms with Crippen LogP contribution in [0.25, 0.3) is 0 Å². The largest absolute Gasteiger partial charge is 0.349 e. The van der Waals surface area contributed by atoms with Crippen molar-refractivity contribution in [1.29, 1.82) is 0 Å². The summed E-state index contributed by atoms with van der Waals surface area (Å²) < 4.78 is 37.2. The van der Waals surface area contributed by atoms with E-state index in [1.807, 2.05) is 13.8 Å². The second kappa shape index (κ2) is 7.33. The van der Waals surface area contributed by atoms with Gasteiger partial charge in [-0.1, -0.05) is 36.2 Å². The molecule has 8 heteroatoms. The summed E-state index contributed by atoms with van der Waals surface area (Å²) >= 11 is 3.06. The maximum Gasteiger partial charge on any atom is 0.254 e. The lowest BCUT2D eigenvalue weighted by molar-refractivity contribution is 0.0929. The first kappa shape index (κ1) is 18.1. The van der Waals surface area contributed by atoms with Crippen LogP contribution in [0.3, 0.4) is 0 Å². The number of nitrogens with one attached hydrogen (secondary N) is 1.